The fourth-order valence-electron chi connectivity index (χ4n) is 4.19. The minimum Gasteiger partial charge on any atom is -0.388 e. The molecule has 4 nitrogen and oxygen atoms in total. The molecule has 3 heterocycles. The van der Waals surface area contributed by atoms with Crippen molar-refractivity contribution in [2.75, 3.05) is 40.0 Å². The molecule has 0 aromatic carbocycles. The van der Waals surface area contributed by atoms with Crippen LogP contribution in [0.4, 0.5) is 0 Å². The van der Waals surface area contributed by atoms with E-state index < -0.39 is 5.60 Å². The molecule has 4 heteroatoms. The Hall–Kier alpha value is -0.160. The average Bonchev–Trinajstić information content (AvgIpc) is 2.39. The summed E-state index contributed by atoms with van der Waals surface area (Å²) in [6.45, 7) is 4.36. The summed E-state index contributed by atoms with van der Waals surface area (Å²) >= 11 is 0. The van der Waals surface area contributed by atoms with Crippen molar-refractivity contribution in [3.8, 4) is 0 Å². The Kier molecular flexibility index (Phi) is 3.87. The third kappa shape index (κ3) is 2.82. The maximum absolute atomic E-state index is 11.1. The summed E-state index contributed by atoms with van der Waals surface area (Å²) in [7, 11) is 2.12. The molecule has 0 saturated carbocycles. The predicted molar refractivity (Wildman–Crippen MR) is 73.1 cm³/mol. The van der Waals surface area contributed by atoms with Crippen LogP contribution in [0.1, 0.15) is 38.5 Å². The first-order valence-corrected chi connectivity index (χ1v) is 7.75. The van der Waals surface area contributed by atoms with Gasteiger partial charge in [0.05, 0.1) is 11.2 Å². The van der Waals surface area contributed by atoms with Gasteiger partial charge in [-0.25, -0.2) is 0 Å². The predicted octanol–water partition coefficient (Wildman–Crippen LogP) is 1.42. The Morgan fingerprint density at radius 1 is 1.16 bits per heavy atom. The van der Waals surface area contributed by atoms with E-state index in [0.717, 1.165) is 71.4 Å². The van der Waals surface area contributed by atoms with Crippen molar-refractivity contribution in [2.24, 2.45) is 5.92 Å². The maximum atomic E-state index is 11.1. The number of hydrogen-bond donors (Lipinski definition) is 1. The second-order valence-corrected chi connectivity index (χ2v) is 6.78. The van der Waals surface area contributed by atoms with E-state index >= 15 is 0 Å². The molecule has 1 spiro atoms. The van der Waals surface area contributed by atoms with E-state index in [1.807, 2.05) is 0 Å². The van der Waals surface area contributed by atoms with Gasteiger partial charge in [-0.1, -0.05) is 0 Å². The first kappa shape index (κ1) is 13.8. The molecule has 19 heavy (non-hydrogen) atoms. The van der Waals surface area contributed by atoms with Crippen molar-refractivity contribution in [3.05, 3.63) is 0 Å². The number of β-amino-alcohol motifs (C(OH)–C–C–N with tert-alkyl or cyclic N) is 1. The Labute approximate surface area is 116 Å². The summed E-state index contributed by atoms with van der Waals surface area (Å²) in [6, 6.07) is 0. The van der Waals surface area contributed by atoms with Crippen molar-refractivity contribution in [2.45, 2.75) is 49.7 Å². The number of ether oxygens (including phenoxy) is 2. The molecule has 110 valence electrons. The van der Waals surface area contributed by atoms with Crippen LogP contribution in [0.25, 0.3) is 0 Å². The molecule has 0 aromatic rings. The van der Waals surface area contributed by atoms with Gasteiger partial charge in [0.2, 0.25) is 0 Å². The average molecular weight is 269 g/mol. The summed E-state index contributed by atoms with van der Waals surface area (Å²) in [6.07, 6.45) is 6.08. The molecule has 1 N–H and O–H groups in total. The highest BCUT2D eigenvalue weighted by Crippen LogP contribution is 2.43. The molecular weight excluding hydrogens is 242 g/mol. The zero-order valence-corrected chi connectivity index (χ0v) is 12.1. The van der Waals surface area contributed by atoms with Crippen molar-refractivity contribution in [1.29, 1.82) is 0 Å². The molecule has 0 aliphatic carbocycles. The standard InChI is InChI=1S/C15H27NO3/c1-16-7-2-4-15(17,12-16)13-3-8-19-14(11-13)5-9-18-10-6-14/h13,17H,2-12H2,1H3. The van der Waals surface area contributed by atoms with Crippen LogP contribution in [0.5, 0.6) is 0 Å². The van der Waals surface area contributed by atoms with Crippen molar-refractivity contribution >= 4 is 0 Å². The lowest BCUT2D eigenvalue weighted by atomic mass is 9.70. The Morgan fingerprint density at radius 3 is 2.68 bits per heavy atom. The van der Waals surface area contributed by atoms with Crippen molar-refractivity contribution < 1.29 is 14.6 Å². The van der Waals surface area contributed by atoms with Crippen LogP contribution in [-0.4, -0.2) is 61.2 Å². The quantitative estimate of drug-likeness (QED) is 0.782. The number of nitrogens with zero attached hydrogens (tertiary/aromatic N) is 1. The molecule has 0 radical (unpaired) electrons. The summed E-state index contributed by atoms with van der Waals surface area (Å²) in [4.78, 5) is 2.27. The molecule has 0 bridgehead atoms. The molecule has 3 aliphatic rings. The summed E-state index contributed by atoms with van der Waals surface area (Å²) in [5.41, 5.74) is -0.505. The molecule has 2 unspecified atom stereocenters. The van der Waals surface area contributed by atoms with E-state index in [4.69, 9.17) is 9.47 Å². The minimum atomic E-state index is -0.498. The largest absolute Gasteiger partial charge is 0.388 e. The van der Waals surface area contributed by atoms with E-state index in [1.165, 1.54) is 0 Å². The maximum Gasteiger partial charge on any atom is 0.0804 e. The minimum absolute atomic E-state index is 0.00703. The first-order valence-electron chi connectivity index (χ1n) is 7.75. The van der Waals surface area contributed by atoms with Gasteiger partial charge in [-0.05, 0) is 58.0 Å². The van der Waals surface area contributed by atoms with Gasteiger partial charge >= 0.3 is 0 Å². The van der Waals surface area contributed by atoms with E-state index in [1.54, 1.807) is 0 Å². The van der Waals surface area contributed by atoms with Crippen molar-refractivity contribution in [3.63, 3.8) is 0 Å². The zero-order chi connectivity index (χ0) is 13.3. The fraction of sp³-hybridized carbons (Fsp3) is 1.00. The summed E-state index contributed by atoms with van der Waals surface area (Å²) < 4.78 is 11.6. The van der Waals surface area contributed by atoms with E-state index in [0.29, 0.717) is 5.92 Å². The van der Waals surface area contributed by atoms with Gasteiger partial charge in [0, 0.05) is 26.4 Å². The third-order valence-corrected chi connectivity index (χ3v) is 5.35. The molecule has 0 aromatic heterocycles. The molecule has 0 amide bonds. The second-order valence-electron chi connectivity index (χ2n) is 6.78. The SMILES string of the molecule is CN1CCCC(O)(C2CCOC3(CCOCC3)C2)C1. The molecule has 3 fully saturated rings. The van der Waals surface area contributed by atoms with Crippen LogP contribution in [0.3, 0.4) is 0 Å². The monoisotopic (exact) mass is 269 g/mol. The van der Waals surface area contributed by atoms with Gasteiger partial charge in [-0.2, -0.15) is 0 Å². The number of hydrogen-bond acceptors (Lipinski definition) is 4. The van der Waals surface area contributed by atoms with Crippen LogP contribution in [-0.2, 0) is 9.47 Å². The molecule has 3 saturated heterocycles. The van der Waals surface area contributed by atoms with Gasteiger partial charge in [0.1, 0.15) is 0 Å². The summed E-state index contributed by atoms with van der Waals surface area (Å²) in [5.74, 6) is 0.391. The summed E-state index contributed by atoms with van der Waals surface area (Å²) in [5, 5.41) is 11.1. The van der Waals surface area contributed by atoms with Crippen molar-refractivity contribution in [1.82, 2.24) is 4.90 Å². The van der Waals surface area contributed by atoms with Crippen LogP contribution in [0, 0.1) is 5.92 Å². The van der Waals surface area contributed by atoms with E-state index in [-0.39, 0.29) is 5.60 Å². The second kappa shape index (κ2) is 5.32. The Morgan fingerprint density at radius 2 is 1.95 bits per heavy atom. The van der Waals surface area contributed by atoms with Gasteiger partial charge in [-0.15, -0.1) is 0 Å². The number of likely N-dealkylation sites (N-methyl/N-ethyl adjacent to an activating group) is 1. The Balaban J connectivity index is 1.70. The van der Waals surface area contributed by atoms with Gasteiger partial charge in [0.15, 0.2) is 0 Å². The number of likely N-dealkylation sites (tertiary alicyclic amines) is 1. The number of rotatable bonds is 1. The molecule has 3 aliphatic heterocycles. The fourth-order valence-corrected chi connectivity index (χ4v) is 4.19. The molecule has 3 rings (SSSR count). The van der Waals surface area contributed by atoms with Crippen LogP contribution in [0.15, 0.2) is 0 Å². The highest BCUT2D eigenvalue weighted by atomic mass is 16.5. The lowest BCUT2D eigenvalue weighted by Crippen LogP contribution is -2.56. The topological polar surface area (TPSA) is 41.9 Å². The van der Waals surface area contributed by atoms with Crippen LogP contribution < -0.4 is 0 Å². The van der Waals surface area contributed by atoms with Crippen LogP contribution >= 0.6 is 0 Å². The lowest BCUT2D eigenvalue weighted by molar-refractivity contribution is -0.183. The van der Waals surface area contributed by atoms with Gasteiger partial charge in [0.25, 0.3) is 0 Å². The van der Waals surface area contributed by atoms with E-state index in [2.05, 4.69) is 11.9 Å². The van der Waals surface area contributed by atoms with Gasteiger partial charge in [-0.3, -0.25) is 0 Å². The van der Waals surface area contributed by atoms with Gasteiger partial charge < -0.3 is 19.5 Å². The first-order chi connectivity index (χ1) is 9.12. The lowest BCUT2D eigenvalue weighted by Gasteiger charge is -2.50. The molecule has 2 atom stereocenters. The number of piperidine rings is 1. The highest BCUT2D eigenvalue weighted by molar-refractivity contribution is 4.99. The molecular formula is C15H27NO3. The highest BCUT2D eigenvalue weighted by Gasteiger charge is 2.47. The third-order valence-electron chi connectivity index (χ3n) is 5.35. The smallest absolute Gasteiger partial charge is 0.0804 e. The Bertz CT molecular complexity index is 311. The zero-order valence-electron chi connectivity index (χ0n) is 12.1. The van der Waals surface area contributed by atoms with Crippen LogP contribution in [0.2, 0.25) is 0 Å². The van der Waals surface area contributed by atoms with E-state index in [9.17, 15) is 5.11 Å². The normalized spacial score (nSPS) is 40.4. The number of aliphatic hydroxyl groups is 1.